The van der Waals surface area contributed by atoms with Crippen LogP contribution in [0.2, 0.25) is 0 Å². The van der Waals surface area contributed by atoms with Gasteiger partial charge in [-0.3, -0.25) is 19.4 Å². The molecule has 9 heteroatoms. The van der Waals surface area contributed by atoms with Crippen molar-refractivity contribution in [3.05, 3.63) is 22.4 Å². The van der Waals surface area contributed by atoms with E-state index in [1.165, 1.54) is 4.88 Å². The van der Waals surface area contributed by atoms with Crippen molar-refractivity contribution in [2.24, 2.45) is 0 Å². The normalized spacial score (nSPS) is 21.7. The molecule has 3 rings (SSSR count). The number of thiophene rings is 1. The number of piperazine rings is 1. The van der Waals surface area contributed by atoms with Gasteiger partial charge in [-0.25, -0.2) is 4.79 Å². The number of amides is 4. The highest BCUT2D eigenvalue weighted by Crippen LogP contribution is 2.19. The van der Waals surface area contributed by atoms with Crippen LogP contribution in [-0.4, -0.2) is 83.0 Å². The molecule has 0 radical (unpaired) electrons. The van der Waals surface area contributed by atoms with Crippen molar-refractivity contribution >= 4 is 29.2 Å². The van der Waals surface area contributed by atoms with Crippen molar-refractivity contribution in [1.29, 1.82) is 0 Å². The van der Waals surface area contributed by atoms with Crippen LogP contribution in [-0.2, 0) is 16.1 Å². The molecule has 1 aromatic rings. The highest BCUT2D eigenvalue weighted by molar-refractivity contribution is 7.09. The number of hydrogen-bond acceptors (Lipinski definition) is 6. The molecule has 25 heavy (non-hydrogen) atoms. The fourth-order valence-electron chi connectivity index (χ4n) is 3.20. The molecule has 0 aliphatic carbocycles. The zero-order valence-electron chi connectivity index (χ0n) is 13.9. The average molecular weight is 366 g/mol. The summed E-state index contributed by atoms with van der Waals surface area (Å²) in [6.45, 7) is 2.34. The molecular formula is C16H22N4O4S. The first-order chi connectivity index (χ1) is 12.1. The molecule has 1 aromatic heterocycles. The third kappa shape index (κ3) is 4.17. The first-order valence-electron chi connectivity index (χ1n) is 8.31. The summed E-state index contributed by atoms with van der Waals surface area (Å²) < 4.78 is 0. The fourth-order valence-corrected chi connectivity index (χ4v) is 3.93. The first-order valence-corrected chi connectivity index (χ1v) is 9.19. The molecule has 8 nitrogen and oxygen atoms in total. The lowest BCUT2D eigenvalue weighted by Crippen LogP contribution is -2.56. The molecule has 4 amide bonds. The molecular weight excluding hydrogens is 344 g/mol. The number of carbonyl (C=O) groups excluding carboxylic acids is 3. The van der Waals surface area contributed by atoms with Gasteiger partial charge in [-0.2, -0.15) is 0 Å². The van der Waals surface area contributed by atoms with Gasteiger partial charge in [-0.15, -0.1) is 11.3 Å². The van der Waals surface area contributed by atoms with Crippen molar-refractivity contribution < 1.29 is 19.5 Å². The Morgan fingerprint density at radius 3 is 2.84 bits per heavy atom. The van der Waals surface area contributed by atoms with Gasteiger partial charge >= 0.3 is 6.03 Å². The zero-order chi connectivity index (χ0) is 17.8. The predicted octanol–water partition coefficient (Wildman–Crippen LogP) is -0.305. The maximum absolute atomic E-state index is 12.5. The second kappa shape index (κ2) is 7.94. The molecule has 0 aromatic carbocycles. The number of rotatable bonds is 6. The van der Waals surface area contributed by atoms with E-state index in [1.54, 1.807) is 16.2 Å². The quantitative estimate of drug-likeness (QED) is 0.674. The average Bonchev–Trinajstić information content (AvgIpc) is 3.22. The second-order valence-corrected chi connectivity index (χ2v) is 7.23. The standard InChI is InChI=1S/C16H22N4O4S/c21-6-3-12-9-19(5-4-18(12)10-13-2-1-7-25-13)15(23)11-20-14(22)8-17-16(20)24/h1-2,7,12,21H,3-6,8-11H2,(H,17,24)/t12-/m0/s1. The van der Waals surface area contributed by atoms with Crippen molar-refractivity contribution in [1.82, 2.24) is 20.0 Å². The Bertz CT molecular complexity index is 620. The summed E-state index contributed by atoms with van der Waals surface area (Å²) >= 11 is 1.69. The van der Waals surface area contributed by atoms with E-state index in [0.717, 1.165) is 11.4 Å². The summed E-state index contributed by atoms with van der Waals surface area (Å²) in [5.41, 5.74) is 0. The van der Waals surface area contributed by atoms with Gasteiger partial charge in [0.15, 0.2) is 0 Å². The van der Waals surface area contributed by atoms with Crippen LogP contribution in [0, 0.1) is 0 Å². The zero-order valence-corrected chi connectivity index (χ0v) is 14.7. The topological polar surface area (TPSA) is 93.2 Å². The van der Waals surface area contributed by atoms with Gasteiger partial charge < -0.3 is 15.3 Å². The van der Waals surface area contributed by atoms with Crippen LogP contribution in [0.15, 0.2) is 17.5 Å². The minimum atomic E-state index is -0.512. The molecule has 1 atom stereocenters. The van der Waals surface area contributed by atoms with Gasteiger partial charge in [0.05, 0.1) is 6.54 Å². The maximum atomic E-state index is 12.5. The largest absolute Gasteiger partial charge is 0.396 e. The van der Waals surface area contributed by atoms with Crippen molar-refractivity contribution in [3.8, 4) is 0 Å². The monoisotopic (exact) mass is 366 g/mol. The molecule has 2 aliphatic heterocycles. The van der Waals surface area contributed by atoms with Crippen LogP contribution in [0.25, 0.3) is 0 Å². The Labute approximate surface area is 150 Å². The number of nitrogens with one attached hydrogen (secondary N) is 1. The number of urea groups is 1. The summed E-state index contributed by atoms with van der Waals surface area (Å²) in [5.74, 6) is -0.606. The summed E-state index contributed by atoms with van der Waals surface area (Å²) in [5, 5.41) is 13.8. The number of nitrogens with zero attached hydrogens (tertiary/aromatic N) is 3. The van der Waals surface area contributed by atoms with Crippen molar-refractivity contribution in [3.63, 3.8) is 0 Å². The van der Waals surface area contributed by atoms with Gasteiger partial charge in [0.1, 0.15) is 6.54 Å². The van der Waals surface area contributed by atoms with Crippen LogP contribution in [0.4, 0.5) is 4.79 Å². The van der Waals surface area contributed by atoms with Gasteiger partial charge in [-0.1, -0.05) is 6.07 Å². The highest BCUT2D eigenvalue weighted by Gasteiger charge is 2.34. The molecule has 2 N–H and O–H groups in total. The van der Waals surface area contributed by atoms with Gasteiger partial charge in [-0.05, 0) is 17.9 Å². The van der Waals surface area contributed by atoms with Crippen LogP contribution in [0.3, 0.4) is 0 Å². The Hall–Kier alpha value is -1.97. The lowest BCUT2D eigenvalue weighted by atomic mass is 10.1. The molecule has 0 spiro atoms. The number of aliphatic hydroxyl groups is 1. The number of imide groups is 1. The molecule has 2 fully saturated rings. The maximum Gasteiger partial charge on any atom is 0.325 e. The third-order valence-corrected chi connectivity index (χ3v) is 5.45. The van der Waals surface area contributed by atoms with Crippen LogP contribution < -0.4 is 5.32 Å². The molecule has 0 saturated carbocycles. The summed E-state index contributed by atoms with van der Waals surface area (Å²) in [7, 11) is 0. The minimum Gasteiger partial charge on any atom is -0.396 e. The van der Waals surface area contributed by atoms with Crippen LogP contribution >= 0.6 is 11.3 Å². The van der Waals surface area contributed by atoms with E-state index >= 15 is 0 Å². The molecule has 0 bridgehead atoms. The molecule has 2 aliphatic rings. The van der Waals surface area contributed by atoms with Crippen LogP contribution in [0.5, 0.6) is 0 Å². The van der Waals surface area contributed by atoms with E-state index in [4.69, 9.17) is 0 Å². The summed E-state index contributed by atoms with van der Waals surface area (Å²) in [6, 6.07) is 3.64. The Morgan fingerprint density at radius 1 is 1.36 bits per heavy atom. The fraction of sp³-hybridized carbons (Fsp3) is 0.562. The van der Waals surface area contributed by atoms with Crippen molar-refractivity contribution in [2.45, 2.75) is 19.0 Å². The SMILES string of the molecule is O=C(CN1C(=O)CNC1=O)N1CCN(Cc2cccs2)[C@@H](CCO)C1. The Kier molecular flexibility index (Phi) is 5.67. The molecule has 3 heterocycles. The van der Waals surface area contributed by atoms with Gasteiger partial charge in [0.25, 0.3) is 5.91 Å². The number of aliphatic hydroxyl groups excluding tert-OH is 1. The molecule has 2 saturated heterocycles. The first kappa shape index (κ1) is 17.8. The minimum absolute atomic E-state index is 0.0478. The number of hydrogen-bond donors (Lipinski definition) is 2. The van der Waals surface area contributed by atoms with Crippen molar-refractivity contribution in [2.75, 3.05) is 39.3 Å². The Balaban J connectivity index is 1.59. The predicted molar refractivity (Wildman–Crippen MR) is 91.9 cm³/mol. The lowest BCUT2D eigenvalue weighted by molar-refractivity contribution is -0.139. The van der Waals surface area contributed by atoms with Gasteiger partial charge in [0, 0.05) is 43.7 Å². The molecule has 136 valence electrons. The highest BCUT2D eigenvalue weighted by atomic mass is 32.1. The second-order valence-electron chi connectivity index (χ2n) is 6.19. The lowest BCUT2D eigenvalue weighted by Gasteiger charge is -2.41. The summed E-state index contributed by atoms with van der Waals surface area (Å²) in [6.07, 6.45) is 0.582. The van der Waals surface area contributed by atoms with E-state index in [1.807, 2.05) is 11.4 Å². The van der Waals surface area contributed by atoms with E-state index < -0.39 is 6.03 Å². The van der Waals surface area contributed by atoms with Crippen LogP contribution in [0.1, 0.15) is 11.3 Å². The molecule has 0 unspecified atom stereocenters. The van der Waals surface area contributed by atoms with E-state index in [0.29, 0.717) is 26.1 Å². The van der Waals surface area contributed by atoms with E-state index in [-0.39, 0.29) is 37.6 Å². The van der Waals surface area contributed by atoms with Gasteiger partial charge in [0.2, 0.25) is 5.91 Å². The van der Waals surface area contributed by atoms with E-state index in [2.05, 4.69) is 16.3 Å². The number of carbonyl (C=O) groups is 3. The summed E-state index contributed by atoms with van der Waals surface area (Å²) in [4.78, 5) is 41.9. The Morgan fingerprint density at radius 2 is 2.20 bits per heavy atom. The van der Waals surface area contributed by atoms with E-state index in [9.17, 15) is 19.5 Å². The third-order valence-electron chi connectivity index (χ3n) is 4.59. The smallest absolute Gasteiger partial charge is 0.325 e.